The van der Waals surface area contributed by atoms with Crippen molar-refractivity contribution >= 4 is 11.9 Å². The van der Waals surface area contributed by atoms with Gasteiger partial charge < -0.3 is 9.94 Å². The van der Waals surface area contributed by atoms with E-state index >= 15 is 0 Å². The van der Waals surface area contributed by atoms with Crippen molar-refractivity contribution in [3.63, 3.8) is 0 Å². The minimum atomic E-state index is -1.27. The van der Waals surface area contributed by atoms with Crippen LogP contribution in [0.2, 0.25) is 0 Å². The Balaban J connectivity index is 3.52. The number of carbonyl (C=O) groups excluding carboxylic acids is 1. The van der Waals surface area contributed by atoms with E-state index in [0.29, 0.717) is 0 Å². The second-order valence-corrected chi connectivity index (χ2v) is 1.62. The standard InChI is InChI=1S/C6H6N2O4/c7-2-1-3-8-12-6(11)4-5(9)10/h1,3,8H,4H2,(H,9,10). The minimum absolute atomic E-state index is 0.715. The van der Waals surface area contributed by atoms with E-state index in [9.17, 15) is 9.59 Å². The molecule has 0 amide bonds. The van der Waals surface area contributed by atoms with E-state index in [0.717, 1.165) is 12.3 Å². The molecule has 2 N–H and O–H groups in total. The number of hydrogen-bond acceptors (Lipinski definition) is 5. The van der Waals surface area contributed by atoms with Crippen LogP contribution in [0.15, 0.2) is 12.3 Å². The number of aliphatic carboxylic acids is 1. The smallest absolute Gasteiger partial charge is 0.343 e. The van der Waals surface area contributed by atoms with Crippen molar-refractivity contribution < 1.29 is 19.5 Å². The topological polar surface area (TPSA) is 99.4 Å². The Hall–Kier alpha value is -2.03. The lowest BCUT2D eigenvalue weighted by Gasteiger charge is -1.98. The van der Waals surface area contributed by atoms with Gasteiger partial charge in [-0.25, -0.2) is 10.3 Å². The summed E-state index contributed by atoms with van der Waals surface area (Å²) in [6.45, 7) is 0. The van der Waals surface area contributed by atoms with E-state index < -0.39 is 18.4 Å². The van der Waals surface area contributed by atoms with Crippen LogP contribution in [0.5, 0.6) is 0 Å². The fraction of sp³-hybridized carbons (Fsp3) is 0.167. The average molecular weight is 170 g/mol. The molecule has 0 aliphatic heterocycles. The maximum Gasteiger partial charge on any atom is 0.343 e. The molecule has 0 atom stereocenters. The highest BCUT2D eigenvalue weighted by Crippen LogP contribution is 1.82. The summed E-state index contributed by atoms with van der Waals surface area (Å²) in [5.74, 6) is -2.20. The van der Waals surface area contributed by atoms with Gasteiger partial charge in [0, 0.05) is 12.3 Å². The molecule has 0 heterocycles. The van der Waals surface area contributed by atoms with Gasteiger partial charge in [0.1, 0.15) is 6.42 Å². The molecule has 0 aliphatic carbocycles. The molecule has 6 nitrogen and oxygen atoms in total. The maximum absolute atomic E-state index is 10.4. The van der Waals surface area contributed by atoms with Gasteiger partial charge in [0.25, 0.3) is 0 Å². The first-order valence-electron chi connectivity index (χ1n) is 2.88. The fourth-order valence-corrected chi connectivity index (χ4v) is 0.331. The molecule has 0 saturated carbocycles. The monoisotopic (exact) mass is 170 g/mol. The summed E-state index contributed by atoms with van der Waals surface area (Å²) < 4.78 is 0. The summed E-state index contributed by atoms with van der Waals surface area (Å²) in [7, 11) is 0. The molecule has 0 fully saturated rings. The highest BCUT2D eigenvalue weighted by Gasteiger charge is 2.07. The molecule has 0 radical (unpaired) electrons. The molecule has 0 rings (SSSR count). The Morgan fingerprint density at radius 2 is 2.33 bits per heavy atom. The van der Waals surface area contributed by atoms with Gasteiger partial charge in [0.2, 0.25) is 0 Å². The van der Waals surface area contributed by atoms with Crippen molar-refractivity contribution in [3.8, 4) is 6.07 Å². The van der Waals surface area contributed by atoms with Crippen molar-refractivity contribution in [3.05, 3.63) is 12.3 Å². The molecule has 6 heteroatoms. The summed E-state index contributed by atoms with van der Waals surface area (Å²) in [6, 6.07) is 1.63. The van der Waals surface area contributed by atoms with Crippen molar-refractivity contribution in [1.29, 1.82) is 5.26 Å². The predicted molar refractivity (Wildman–Crippen MR) is 36.2 cm³/mol. The molecule has 0 spiro atoms. The highest BCUT2D eigenvalue weighted by molar-refractivity contribution is 5.89. The van der Waals surface area contributed by atoms with Crippen LogP contribution in [0, 0.1) is 11.3 Å². The normalized spacial score (nSPS) is 8.92. The zero-order valence-electron chi connectivity index (χ0n) is 5.98. The summed E-state index contributed by atoms with van der Waals surface area (Å²) in [4.78, 5) is 24.5. The Morgan fingerprint density at radius 3 is 2.83 bits per heavy atom. The minimum Gasteiger partial charge on any atom is -0.481 e. The third-order valence-corrected chi connectivity index (χ3v) is 0.694. The molecule has 0 saturated heterocycles. The van der Waals surface area contributed by atoms with Crippen molar-refractivity contribution in [2.24, 2.45) is 0 Å². The third-order valence-electron chi connectivity index (χ3n) is 0.694. The second-order valence-electron chi connectivity index (χ2n) is 1.62. The lowest BCUT2D eigenvalue weighted by molar-refractivity contribution is -0.155. The Labute approximate surface area is 68.0 Å². The van der Waals surface area contributed by atoms with E-state index in [1.54, 1.807) is 6.07 Å². The number of carboxylic acids is 1. The molecular formula is C6H6N2O4. The molecular weight excluding hydrogens is 164 g/mol. The van der Waals surface area contributed by atoms with Gasteiger partial charge in [-0.05, 0) is 0 Å². The highest BCUT2D eigenvalue weighted by atomic mass is 16.7. The second kappa shape index (κ2) is 5.73. The molecule has 0 aromatic rings. The lowest BCUT2D eigenvalue weighted by atomic mass is 10.5. The van der Waals surface area contributed by atoms with E-state index in [2.05, 4.69) is 4.84 Å². The van der Waals surface area contributed by atoms with Gasteiger partial charge in [0.05, 0.1) is 6.07 Å². The molecule has 64 valence electrons. The van der Waals surface area contributed by atoms with E-state index in [1.165, 1.54) is 0 Å². The van der Waals surface area contributed by atoms with Gasteiger partial charge in [-0.3, -0.25) is 4.79 Å². The third kappa shape index (κ3) is 6.10. The Morgan fingerprint density at radius 1 is 1.67 bits per heavy atom. The van der Waals surface area contributed by atoms with Crippen LogP contribution in [0.3, 0.4) is 0 Å². The van der Waals surface area contributed by atoms with Gasteiger partial charge in [-0.1, -0.05) is 0 Å². The van der Waals surface area contributed by atoms with Crippen LogP contribution in [0.1, 0.15) is 6.42 Å². The first-order valence-corrected chi connectivity index (χ1v) is 2.88. The first-order chi connectivity index (χ1) is 5.66. The fourth-order valence-electron chi connectivity index (χ4n) is 0.331. The van der Waals surface area contributed by atoms with Crippen LogP contribution < -0.4 is 5.48 Å². The number of rotatable bonds is 4. The Kier molecular flexibility index (Phi) is 4.76. The number of nitriles is 1. The van der Waals surface area contributed by atoms with E-state index in [-0.39, 0.29) is 0 Å². The zero-order chi connectivity index (χ0) is 9.40. The SMILES string of the molecule is N#CC=CNOC(=O)CC(=O)O. The van der Waals surface area contributed by atoms with Crippen LogP contribution >= 0.6 is 0 Å². The van der Waals surface area contributed by atoms with E-state index in [1.807, 2.05) is 5.48 Å². The summed E-state index contributed by atoms with van der Waals surface area (Å²) in [5.41, 5.74) is 1.98. The van der Waals surface area contributed by atoms with E-state index in [4.69, 9.17) is 10.4 Å². The molecule has 0 bridgehead atoms. The molecule has 12 heavy (non-hydrogen) atoms. The lowest BCUT2D eigenvalue weighted by Crippen LogP contribution is -2.17. The van der Waals surface area contributed by atoms with Gasteiger partial charge in [-0.15, -0.1) is 0 Å². The summed E-state index contributed by atoms with van der Waals surface area (Å²) >= 11 is 0. The number of hydrogen-bond donors (Lipinski definition) is 2. The first kappa shape index (κ1) is 9.97. The van der Waals surface area contributed by atoms with Crippen LogP contribution in [0.4, 0.5) is 0 Å². The predicted octanol–water partition coefficient (Wildman–Crippen LogP) is -0.454. The summed E-state index contributed by atoms with van der Waals surface area (Å²) in [5, 5.41) is 16.1. The van der Waals surface area contributed by atoms with Crippen LogP contribution in [-0.2, 0) is 14.4 Å². The van der Waals surface area contributed by atoms with Gasteiger partial charge in [-0.2, -0.15) is 5.26 Å². The number of nitrogens with one attached hydrogen (secondary N) is 1. The maximum atomic E-state index is 10.4. The van der Waals surface area contributed by atoms with Crippen LogP contribution in [-0.4, -0.2) is 17.0 Å². The van der Waals surface area contributed by atoms with Crippen molar-refractivity contribution in [1.82, 2.24) is 5.48 Å². The summed E-state index contributed by atoms with van der Waals surface area (Å²) in [6.07, 6.45) is 1.39. The molecule has 0 unspecified atom stereocenters. The molecule has 0 aromatic heterocycles. The quantitative estimate of drug-likeness (QED) is 0.336. The molecule has 0 aromatic carbocycles. The molecule has 0 aliphatic rings. The number of hydroxylamine groups is 1. The zero-order valence-corrected chi connectivity index (χ0v) is 5.98. The van der Waals surface area contributed by atoms with Gasteiger partial charge in [0.15, 0.2) is 0 Å². The largest absolute Gasteiger partial charge is 0.481 e. The van der Waals surface area contributed by atoms with Crippen LogP contribution in [0.25, 0.3) is 0 Å². The van der Waals surface area contributed by atoms with Crippen molar-refractivity contribution in [2.45, 2.75) is 6.42 Å². The number of carbonyl (C=O) groups is 2. The van der Waals surface area contributed by atoms with Gasteiger partial charge >= 0.3 is 11.9 Å². The average Bonchev–Trinajstić information content (AvgIpc) is 1.97. The number of carboxylic acid groups (broad SMARTS) is 1. The Bertz CT molecular complexity index is 240. The number of allylic oxidation sites excluding steroid dienone is 1. The number of nitrogens with zero attached hydrogens (tertiary/aromatic N) is 1. The van der Waals surface area contributed by atoms with Crippen molar-refractivity contribution in [2.75, 3.05) is 0 Å².